The molecule has 28 heavy (non-hydrogen) atoms. The normalized spacial score (nSPS) is 12.5. The number of guanidine groups is 1. The van der Waals surface area contributed by atoms with E-state index in [9.17, 15) is 8.42 Å². The smallest absolute Gasteiger partial charge is 0.270 e. The molecule has 0 saturated carbocycles. The molecule has 11 heteroatoms. The van der Waals surface area contributed by atoms with E-state index in [0.29, 0.717) is 27.7 Å². The molecule has 0 aliphatic carbocycles. The summed E-state index contributed by atoms with van der Waals surface area (Å²) in [5.74, 6) is -0.194. The van der Waals surface area contributed by atoms with Gasteiger partial charge in [0.15, 0.2) is 5.52 Å². The highest BCUT2D eigenvalue weighted by molar-refractivity contribution is 7.90. The van der Waals surface area contributed by atoms with Gasteiger partial charge in [-0.2, -0.15) is 5.10 Å². The van der Waals surface area contributed by atoms with Crippen LogP contribution >= 0.6 is 0 Å². The van der Waals surface area contributed by atoms with E-state index in [0.717, 1.165) is 0 Å². The van der Waals surface area contributed by atoms with Crippen LogP contribution in [0, 0.1) is 0 Å². The highest BCUT2D eigenvalue weighted by Gasteiger charge is 2.25. The van der Waals surface area contributed by atoms with Gasteiger partial charge in [0.2, 0.25) is 5.96 Å². The molecule has 2 heterocycles. The molecular weight excluding hydrogens is 382 g/mol. The number of aromatic nitrogens is 3. The van der Waals surface area contributed by atoms with Crippen molar-refractivity contribution in [3.8, 4) is 0 Å². The van der Waals surface area contributed by atoms with E-state index in [1.54, 1.807) is 43.3 Å². The lowest BCUT2D eigenvalue weighted by molar-refractivity contribution is 0.315. The molecule has 0 radical (unpaired) electrons. The van der Waals surface area contributed by atoms with Crippen molar-refractivity contribution in [3.05, 3.63) is 54.2 Å². The van der Waals surface area contributed by atoms with Crippen molar-refractivity contribution in [3.63, 3.8) is 0 Å². The molecule has 2 aromatic heterocycles. The summed E-state index contributed by atoms with van der Waals surface area (Å²) in [6.07, 6.45) is 1.48. The van der Waals surface area contributed by atoms with Crippen LogP contribution in [0.15, 0.2) is 68.4 Å². The van der Waals surface area contributed by atoms with Crippen LogP contribution in [-0.4, -0.2) is 34.4 Å². The zero-order chi connectivity index (χ0) is 19.9. The van der Waals surface area contributed by atoms with E-state index in [-0.39, 0.29) is 16.4 Å². The lowest BCUT2D eigenvalue weighted by atomic mass is 10.1. The Balaban J connectivity index is 1.98. The first-order valence-corrected chi connectivity index (χ1v) is 9.54. The number of rotatable bonds is 4. The molecule has 0 fully saturated rings. The van der Waals surface area contributed by atoms with Crippen molar-refractivity contribution in [2.24, 2.45) is 21.7 Å². The molecule has 4 aromatic rings. The second-order valence-corrected chi connectivity index (χ2v) is 7.74. The number of para-hydroxylation sites is 1. The molecule has 0 unspecified atom stereocenters. The van der Waals surface area contributed by atoms with E-state index in [4.69, 9.17) is 16.1 Å². The van der Waals surface area contributed by atoms with Crippen LogP contribution in [0.5, 0.6) is 0 Å². The van der Waals surface area contributed by atoms with Gasteiger partial charge in [0.1, 0.15) is 10.4 Å². The highest BCUT2D eigenvalue weighted by Crippen LogP contribution is 2.29. The highest BCUT2D eigenvalue weighted by atomic mass is 32.2. The van der Waals surface area contributed by atoms with Gasteiger partial charge in [0.25, 0.3) is 10.0 Å². The van der Waals surface area contributed by atoms with Crippen LogP contribution in [0.3, 0.4) is 0 Å². The van der Waals surface area contributed by atoms with Gasteiger partial charge in [0, 0.05) is 17.1 Å². The Hall–Kier alpha value is -3.73. The first-order valence-electron chi connectivity index (χ1n) is 8.10. The van der Waals surface area contributed by atoms with Crippen molar-refractivity contribution in [2.45, 2.75) is 11.8 Å². The molecule has 2 aromatic carbocycles. The molecule has 0 saturated heterocycles. The topological polar surface area (TPSA) is 155 Å². The van der Waals surface area contributed by atoms with Crippen molar-refractivity contribution in [1.82, 2.24) is 14.3 Å². The molecule has 10 nitrogen and oxygen atoms in total. The summed E-state index contributed by atoms with van der Waals surface area (Å²) in [6, 6.07) is 11.7. The third kappa shape index (κ3) is 2.77. The monoisotopic (exact) mass is 397 g/mol. The van der Waals surface area contributed by atoms with Gasteiger partial charge in [-0.25, -0.2) is 17.0 Å². The van der Waals surface area contributed by atoms with E-state index in [1.165, 1.54) is 16.2 Å². The molecule has 0 aliphatic rings. The Morgan fingerprint density at radius 2 is 1.86 bits per heavy atom. The van der Waals surface area contributed by atoms with Crippen LogP contribution < -0.4 is 11.5 Å². The van der Waals surface area contributed by atoms with Crippen LogP contribution in [0.1, 0.15) is 12.5 Å². The maximum Gasteiger partial charge on any atom is 0.270 e. The third-order valence-corrected chi connectivity index (χ3v) is 5.87. The number of fused-ring (bicyclic) bond motifs is 2. The maximum absolute atomic E-state index is 13.4. The lowest BCUT2D eigenvalue weighted by Gasteiger charge is -2.07. The fraction of sp³-hybridized carbons (Fsp3) is 0.0588. The summed E-state index contributed by atoms with van der Waals surface area (Å²) in [5.41, 5.74) is 12.7. The third-order valence-electron chi connectivity index (χ3n) is 4.17. The van der Waals surface area contributed by atoms with Crippen LogP contribution in [0.4, 0.5) is 0 Å². The average Bonchev–Trinajstić information content (AvgIpc) is 3.30. The van der Waals surface area contributed by atoms with Gasteiger partial charge in [0.05, 0.1) is 11.2 Å². The van der Waals surface area contributed by atoms with Crippen molar-refractivity contribution < 1.29 is 13.0 Å². The standard InChI is InChI=1S/C17H15N7O3S/c1-10(20-21-17(18)19)12-9-24(14-7-3-2-5-11(12)14)28(25,26)15-8-4-6-13-16(15)23-27-22-13/h2-9H,1H3,(H4,18,19,21). The Morgan fingerprint density at radius 3 is 2.64 bits per heavy atom. The predicted octanol–water partition coefficient (Wildman–Crippen LogP) is 1.41. The Labute approximate surface area is 159 Å². The quantitative estimate of drug-likeness (QED) is 0.300. The fourth-order valence-corrected chi connectivity index (χ4v) is 4.43. The molecule has 0 amide bonds. The Morgan fingerprint density at radius 1 is 1.07 bits per heavy atom. The summed E-state index contributed by atoms with van der Waals surface area (Å²) in [5, 5.41) is 15.7. The first-order chi connectivity index (χ1) is 13.4. The van der Waals surface area contributed by atoms with Crippen molar-refractivity contribution in [2.75, 3.05) is 0 Å². The second-order valence-electron chi connectivity index (χ2n) is 5.96. The van der Waals surface area contributed by atoms with Crippen molar-refractivity contribution >= 4 is 43.6 Å². The van der Waals surface area contributed by atoms with Gasteiger partial charge >= 0.3 is 0 Å². The van der Waals surface area contributed by atoms with Gasteiger partial charge < -0.3 is 11.5 Å². The van der Waals surface area contributed by atoms with Gasteiger partial charge in [-0.15, -0.1) is 5.10 Å². The number of nitrogens with zero attached hydrogens (tertiary/aromatic N) is 5. The van der Waals surface area contributed by atoms with Crippen LogP contribution in [0.2, 0.25) is 0 Å². The minimum atomic E-state index is -3.99. The number of benzene rings is 2. The molecule has 0 aliphatic heterocycles. The van der Waals surface area contributed by atoms with Crippen LogP contribution in [-0.2, 0) is 10.0 Å². The average molecular weight is 397 g/mol. The number of hydrogen-bond acceptors (Lipinski definition) is 7. The summed E-state index contributed by atoms with van der Waals surface area (Å²) < 4.78 is 32.7. The van der Waals surface area contributed by atoms with Gasteiger partial charge in [-0.1, -0.05) is 24.3 Å². The first kappa shape index (κ1) is 17.7. The zero-order valence-electron chi connectivity index (χ0n) is 14.6. The number of hydrogen-bond donors (Lipinski definition) is 2. The van der Waals surface area contributed by atoms with Gasteiger partial charge in [-0.3, -0.25) is 0 Å². The predicted molar refractivity (Wildman–Crippen MR) is 104 cm³/mol. The maximum atomic E-state index is 13.4. The van der Waals surface area contributed by atoms with E-state index in [1.807, 2.05) is 0 Å². The van der Waals surface area contributed by atoms with Crippen molar-refractivity contribution in [1.29, 1.82) is 0 Å². The largest absolute Gasteiger partial charge is 0.369 e. The van der Waals surface area contributed by atoms with Gasteiger partial charge in [-0.05, 0) is 35.4 Å². The van der Waals surface area contributed by atoms with E-state index in [2.05, 4.69) is 20.5 Å². The summed E-state index contributed by atoms with van der Waals surface area (Å²) in [6.45, 7) is 1.69. The summed E-state index contributed by atoms with van der Waals surface area (Å²) in [4.78, 5) is -0.0163. The lowest BCUT2D eigenvalue weighted by Crippen LogP contribution is -2.22. The fourth-order valence-electron chi connectivity index (χ4n) is 2.92. The number of nitrogens with two attached hydrogens (primary N) is 2. The minimum absolute atomic E-state index is 0.0163. The SMILES string of the molecule is CC(=NN=C(N)N)c1cn(S(=O)(=O)c2cccc3nonc23)c2ccccc12. The minimum Gasteiger partial charge on any atom is -0.369 e. The van der Waals surface area contributed by atoms with Crippen LogP contribution in [0.25, 0.3) is 21.9 Å². The summed E-state index contributed by atoms with van der Waals surface area (Å²) in [7, 11) is -3.99. The molecule has 4 rings (SSSR count). The summed E-state index contributed by atoms with van der Waals surface area (Å²) >= 11 is 0. The Kier molecular flexibility index (Phi) is 4.08. The molecule has 0 spiro atoms. The Bertz CT molecular complexity index is 1360. The van der Waals surface area contributed by atoms with E-state index < -0.39 is 10.0 Å². The molecule has 0 atom stereocenters. The van der Waals surface area contributed by atoms with E-state index >= 15 is 0 Å². The molecule has 142 valence electrons. The molecule has 0 bridgehead atoms. The zero-order valence-corrected chi connectivity index (χ0v) is 15.5. The molecule has 4 N–H and O–H groups in total. The second kappa shape index (κ2) is 6.46. The molecular formula is C17H15N7O3S.